The van der Waals surface area contributed by atoms with Crippen LogP contribution in [0.25, 0.3) is 10.9 Å². The van der Waals surface area contributed by atoms with Crippen molar-refractivity contribution < 1.29 is 49.1 Å². The molecule has 238 valence electrons. The summed E-state index contributed by atoms with van der Waals surface area (Å²) in [7, 11) is 3.39. The number of para-hydroxylation sites is 1. The van der Waals surface area contributed by atoms with E-state index in [2.05, 4.69) is 28.1 Å². The molecule has 0 aliphatic carbocycles. The van der Waals surface area contributed by atoms with Gasteiger partial charge in [0.15, 0.2) is 5.60 Å². The lowest BCUT2D eigenvalue weighted by atomic mass is 9.96. The standard InChI is InChI=1S/C24H30N4O3.C6H8O7/c1-30-20-7-8-22-21(13-20)19(16-28(22)17-24(25)29)15-27-11-9-26(10-12-27)14-18-5-3-4-6-23(18)31-2;7-3(8)1-6(13,5(11)12)2-4(9)10/h3-8,13,16H,9-12,14-15,17H2,1-2H3,(H2,25,29);13H,1-2H2,(H,7,8)(H,9,10)(H,11,12). The van der Waals surface area contributed by atoms with Crippen molar-refractivity contribution in [1.29, 1.82) is 0 Å². The van der Waals surface area contributed by atoms with E-state index in [0.29, 0.717) is 0 Å². The molecule has 14 nitrogen and oxygen atoms in total. The van der Waals surface area contributed by atoms with Crippen LogP contribution in [-0.2, 0) is 38.8 Å². The number of carbonyl (C=O) groups excluding carboxylic acids is 1. The number of rotatable bonds is 13. The molecule has 1 aliphatic heterocycles. The third-order valence-corrected chi connectivity index (χ3v) is 7.23. The van der Waals surface area contributed by atoms with Gasteiger partial charge in [-0.2, -0.15) is 0 Å². The quantitative estimate of drug-likeness (QED) is 0.184. The summed E-state index contributed by atoms with van der Waals surface area (Å²) in [5.41, 5.74) is 6.13. The number of nitrogens with zero attached hydrogens (tertiary/aromatic N) is 3. The molecule has 0 atom stereocenters. The first-order valence-electron chi connectivity index (χ1n) is 13.7. The van der Waals surface area contributed by atoms with Gasteiger partial charge in [0.25, 0.3) is 0 Å². The number of carbonyl (C=O) groups is 4. The molecule has 14 heteroatoms. The van der Waals surface area contributed by atoms with Crippen molar-refractivity contribution in [3.63, 3.8) is 0 Å². The number of aliphatic carboxylic acids is 3. The fraction of sp³-hybridized carbons (Fsp3) is 0.400. The third kappa shape index (κ3) is 9.17. The zero-order valence-corrected chi connectivity index (χ0v) is 24.6. The lowest BCUT2D eigenvalue weighted by Gasteiger charge is -2.34. The Labute approximate surface area is 253 Å². The molecule has 2 aromatic carbocycles. The van der Waals surface area contributed by atoms with Gasteiger partial charge < -0.3 is 40.2 Å². The number of carboxylic acids is 3. The van der Waals surface area contributed by atoms with Crippen molar-refractivity contribution >= 4 is 34.7 Å². The average Bonchev–Trinajstić information content (AvgIpc) is 3.29. The van der Waals surface area contributed by atoms with E-state index >= 15 is 0 Å². The molecule has 0 radical (unpaired) electrons. The van der Waals surface area contributed by atoms with Crippen molar-refractivity contribution in [3.8, 4) is 11.5 Å². The van der Waals surface area contributed by atoms with Crippen LogP contribution in [0.1, 0.15) is 24.0 Å². The molecular formula is C30H38N4O10. The molecular weight excluding hydrogens is 576 g/mol. The Morgan fingerprint density at radius 2 is 1.41 bits per heavy atom. The van der Waals surface area contributed by atoms with Crippen LogP contribution in [0.5, 0.6) is 11.5 Å². The van der Waals surface area contributed by atoms with Crippen molar-refractivity contribution in [2.75, 3.05) is 40.4 Å². The summed E-state index contributed by atoms with van der Waals surface area (Å²) >= 11 is 0. The van der Waals surface area contributed by atoms with E-state index in [0.717, 1.165) is 61.7 Å². The Balaban J connectivity index is 0.000000345. The van der Waals surface area contributed by atoms with Crippen LogP contribution in [0.15, 0.2) is 48.7 Å². The number of fused-ring (bicyclic) bond motifs is 1. The number of methoxy groups -OCH3 is 2. The van der Waals surface area contributed by atoms with E-state index in [1.807, 2.05) is 34.9 Å². The van der Waals surface area contributed by atoms with Crippen LogP contribution in [0, 0.1) is 0 Å². The number of carboxylic acid groups (broad SMARTS) is 3. The summed E-state index contributed by atoms with van der Waals surface area (Å²) in [5.74, 6) is -3.60. The van der Waals surface area contributed by atoms with E-state index in [9.17, 15) is 19.2 Å². The summed E-state index contributed by atoms with van der Waals surface area (Å²) in [4.78, 5) is 46.9. The van der Waals surface area contributed by atoms with E-state index in [1.54, 1.807) is 14.2 Å². The van der Waals surface area contributed by atoms with Crippen LogP contribution in [0.3, 0.4) is 0 Å². The average molecular weight is 615 g/mol. The summed E-state index contributed by atoms with van der Waals surface area (Å²) in [5, 5.41) is 34.9. The second-order valence-corrected chi connectivity index (χ2v) is 10.5. The molecule has 2 heterocycles. The van der Waals surface area contributed by atoms with E-state index in [4.69, 9.17) is 35.6 Å². The summed E-state index contributed by atoms with van der Waals surface area (Å²) in [6.07, 6.45) is -0.237. The zero-order chi connectivity index (χ0) is 32.4. The normalized spacial score (nSPS) is 14.0. The maximum absolute atomic E-state index is 11.5. The van der Waals surface area contributed by atoms with Crippen molar-refractivity contribution in [1.82, 2.24) is 14.4 Å². The van der Waals surface area contributed by atoms with E-state index < -0.39 is 36.4 Å². The van der Waals surface area contributed by atoms with Crippen LogP contribution in [0.2, 0.25) is 0 Å². The lowest BCUT2D eigenvalue weighted by Crippen LogP contribution is -2.45. The van der Waals surface area contributed by atoms with Crippen LogP contribution in [0.4, 0.5) is 0 Å². The van der Waals surface area contributed by atoms with Gasteiger partial charge >= 0.3 is 17.9 Å². The highest BCUT2D eigenvalue weighted by Crippen LogP contribution is 2.28. The topological polar surface area (TPSA) is 205 Å². The van der Waals surface area contributed by atoms with Gasteiger partial charge in [0, 0.05) is 61.9 Å². The smallest absolute Gasteiger partial charge is 0.336 e. The second kappa shape index (κ2) is 15.2. The summed E-state index contributed by atoms with van der Waals surface area (Å²) < 4.78 is 12.8. The van der Waals surface area contributed by atoms with Gasteiger partial charge in [-0.1, -0.05) is 18.2 Å². The monoisotopic (exact) mass is 614 g/mol. The summed E-state index contributed by atoms with van der Waals surface area (Å²) in [6, 6.07) is 14.2. The summed E-state index contributed by atoms with van der Waals surface area (Å²) in [6.45, 7) is 5.88. The maximum atomic E-state index is 11.5. The minimum absolute atomic E-state index is 0.176. The molecule has 0 saturated carbocycles. The highest BCUT2D eigenvalue weighted by molar-refractivity contribution is 5.88. The minimum Gasteiger partial charge on any atom is -0.497 e. The lowest BCUT2D eigenvalue weighted by molar-refractivity contribution is -0.170. The Morgan fingerprint density at radius 3 is 1.91 bits per heavy atom. The van der Waals surface area contributed by atoms with Crippen molar-refractivity contribution in [2.45, 2.75) is 38.1 Å². The van der Waals surface area contributed by atoms with Crippen LogP contribution in [-0.4, -0.2) is 105 Å². The third-order valence-electron chi connectivity index (χ3n) is 7.23. The molecule has 0 unspecified atom stereocenters. The molecule has 0 spiro atoms. The number of aliphatic hydroxyl groups is 1. The van der Waals surface area contributed by atoms with Gasteiger partial charge in [0.2, 0.25) is 5.91 Å². The molecule has 6 N–H and O–H groups in total. The number of primary amides is 1. The van der Waals surface area contributed by atoms with Gasteiger partial charge in [-0.25, -0.2) is 4.79 Å². The number of amides is 1. The van der Waals surface area contributed by atoms with Gasteiger partial charge in [0.1, 0.15) is 18.0 Å². The molecule has 0 bridgehead atoms. The number of hydrogen-bond donors (Lipinski definition) is 5. The number of aromatic nitrogens is 1. The van der Waals surface area contributed by atoms with E-state index in [-0.39, 0.29) is 12.5 Å². The Morgan fingerprint density at radius 1 is 0.841 bits per heavy atom. The largest absolute Gasteiger partial charge is 0.497 e. The first kappa shape index (κ1) is 33.8. The number of benzene rings is 2. The molecule has 1 aliphatic rings. The predicted molar refractivity (Wildman–Crippen MR) is 158 cm³/mol. The SMILES string of the molecule is COc1ccc2c(c1)c(CN1CCN(Cc3ccccc3OC)CC1)cn2CC(N)=O.O=C(O)CC(O)(CC(=O)O)C(=O)O. The first-order chi connectivity index (χ1) is 20.8. The molecule has 3 aromatic rings. The maximum Gasteiger partial charge on any atom is 0.336 e. The first-order valence-corrected chi connectivity index (χ1v) is 13.7. The van der Waals surface area contributed by atoms with Gasteiger partial charge in [0.05, 0.1) is 27.1 Å². The van der Waals surface area contributed by atoms with E-state index in [1.165, 1.54) is 11.1 Å². The Kier molecular flexibility index (Phi) is 11.7. The Bertz CT molecular complexity index is 1460. The minimum atomic E-state index is -2.74. The molecule has 44 heavy (non-hydrogen) atoms. The van der Waals surface area contributed by atoms with Crippen LogP contribution < -0.4 is 15.2 Å². The molecule has 1 saturated heterocycles. The number of ether oxygens (including phenoxy) is 2. The van der Waals surface area contributed by atoms with Gasteiger partial charge in [-0.15, -0.1) is 0 Å². The molecule has 1 fully saturated rings. The number of piperazine rings is 1. The molecule has 1 amide bonds. The fourth-order valence-corrected chi connectivity index (χ4v) is 5.04. The Hall–Kier alpha value is -4.66. The second-order valence-electron chi connectivity index (χ2n) is 10.5. The highest BCUT2D eigenvalue weighted by Gasteiger charge is 2.40. The molecule has 1 aromatic heterocycles. The number of nitrogens with two attached hydrogens (primary N) is 1. The molecule has 4 rings (SSSR count). The highest BCUT2D eigenvalue weighted by atomic mass is 16.5. The zero-order valence-electron chi connectivity index (χ0n) is 24.6. The van der Waals surface area contributed by atoms with Crippen molar-refractivity contribution in [3.05, 3.63) is 59.8 Å². The van der Waals surface area contributed by atoms with Gasteiger partial charge in [-0.05, 0) is 29.8 Å². The van der Waals surface area contributed by atoms with Gasteiger partial charge in [-0.3, -0.25) is 24.2 Å². The predicted octanol–water partition coefficient (Wildman–Crippen LogP) is 1.21. The van der Waals surface area contributed by atoms with Crippen LogP contribution >= 0.6 is 0 Å². The van der Waals surface area contributed by atoms with Crippen molar-refractivity contribution in [2.24, 2.45) is 5.73 Å². The fourth-order valence-electron chi connectivity index (χ4n) is 5.04. The number of hydrogen-bond acceptors (Lipinski definition) is 9.